The summed E-state index contributed by atoms with van der Waals surface area (Å²) in [4.78, 5) is 15.6. The fourth-order valence-electron chi connectivity index (χ4n) is 2.29. The first-order chi connectivity index (χ1) is 8.66. The molecule has 3 rings (SSSR count). The number of anilines is 1. The first-order valence-electron chi connectivity index (χ1n) is 5.79. The Morgan fingerprint density at radius 1 is 1.56 bits per heavy atom. The molecule has 0 fully saturated rings. The smallest absolute Gasteiger partial charge is 0.274 e. The maximum absolute atomic E-state index is 12.4. The van der Waals surface area contributed by atoms with E-state index in [1.165, 1.54) is 16.6 Å². The lowest BCUT2D eigenvalue weighted by Crippen LogP contribution is -2.36. The van der Waals surface area contributed by atoms with Gasteiger partial charge in [0.2, 0.25) is 0 Å². The van der Waals surface area contributed by atoms with Crippen LogP contribution in [0.5, 0.6) is 0 Å². The Morgan fingerprint density at radius 3 is 3.11 bits per heavy atom. The third-order valence-electron chi connectivity index (χ3n) is 3.26. The molecule has 0 atom stereocenters. The minimum Gasteiger partial charge on any atom is -0.396 e. The molecule has 0 bridgehead atoms. The predicted octanol–water partition coefficient (Wildman–Crippen LogP) is 1.26. The molecule has 1 amide bonds. The molecule has 2 N–H and O–H groups in total. The zero-order valence-corrected chi connectivity index (χ0v) is 10.9. The largest absolute Gasteiger partial charge is 0.396 e. The van der Waals surface area contributed by atoms with Crippen LogP contribution in [-0.4, -0.2) is 27.1 Å². The van der Waals surface area contributed by atoms with Crippen molar-refractivity contribution in [3.05, 3.63) is 33.8 Å². The highest BCUT2D eigenvalue weighted by Crippen LogP contribution is 2.25. The van der Waals surface area contributed by atoms with Crippen LogP contribution in [0.25, 0.3) is 0 Å². The predicted molar refractivity (Wildman–Crippen MR) is 70.4 cm³/mol. The van der Waals surface area contributed by atoms with Crippen LogP contribution in [0.4, 0.5) is 5.69 Å². The standard InChI is InChI=1S/C12H14N4OS/c1-15-11(9(13)6-14-15)12(17)16-4-2-10-8(7-16)3-5-18-10/h3,5-6H,2,4,7,13H2,1H3. The van der Waals surface area contributed by atoms with E-state index in [1.807, 2.05) is 4.90 Å². The number of aryl methyl sites for hydroxylation is 1. The van der Waals surface area contributed by atoms with Crippen molar-refractivity contribution in [2.75, 3.05) is 12.3 Å². The van der Waals surface area contributed by atoms with Crippen LogP contribution < -0.4 is 5.73 Å². The molecule has 2 aromatic rings. The summed E-state index contributed by atoms with van der Waals surface area (Å²) in [7, 11) is 1.74. The monoisotopic (exact) mass is 262 g/mol. The van der Waals surface area contributed by atoms with Crippen molar-refractivity contribution >= 4 is 22.9 Å². The Morgan fingerprint density at radius 2 is 2.39 bits per heavy atom. The van der Waals surface area contributed by atoms with E-state index in [-0.39, 0.29) is 5.91 Å². The van der Waals surface area contributed by atoms with Gasteiger partial charge in [-0.1, -0.05) is 0 Å². The topological polar surface area (TPSA) is 64.2 Å². The van der Waals surface area contributed by atoms with Crippen molar-refractivity contribution in [2.24, 2.45) is 7.05 Å². The Balaban J connectivity index is 1.87. The second-order valence-electron chi connectivity index (χ2n) is 4.42. The van der Waals surface area contributed by atoms with Gasteiger partial charge in [0.15, 0.2) is 0 Å². The van der Waals surface area contributed by atoms with Crippen molar-refractivity contribution in [1.82, 2.24) is 14.7 Å². The van der Waals surface area contributed by atoms with Crippen molar-refractivity contribution in [3.63, 3.8) is 0 Å². The zero-order valence-electron chi connectivity index (χ0n) is 10.1. The number of fused-ring (bicyclic) bond motifs is 1. The fraction of sp³-hybridized carbons (Fsp3) is 0.333. The first kappa shape index (κ1) is 11.3. The van der Waals surface area contributed by atoms with E-state index in [4.69, 9.17) is 5.73 Å². The van der Waals surface area contributed by atoms with Crippen LogP contribution in [0, 0.1) is 0 Å². The fourth-order valence-corrected chi connectivity index (χ4v) is 3.18. The summed E-state index contributed by atoms with van der Waals surface area (Å²) in [6.45, 7) is 1.42. The number of nitrogens with zero attached hydrogens (tertiary/aromatic N) is 3. The molecule has 0 spiro atoms. The van der Waals surface area contributed by atoms with Gasteiger partial charge in [0.05, 0.1) is 11.9 Å². The summed E-state index contributed by atoms with van der Waals surface area (Å²) in [6.07, 6.45) is 2.45. The quantitative estimate of drug-likeness (QED) is 0.841. The number of amides is 1. The molecule has 2 aromatic heterocycles. The lowest BCUT2D eigenvalue weighted by atomic mass is 10.1. The molecule has 0 aliphatic carbocycles. The Bertz CT molecular complexity index is 581. The third kappa shape index (κ3) is 1.69. The van der Waals surface area contributed by atoms with Crippen molar-refractivity contribution < 1.29 is 4.79 Å². The van der Waals surface area contributed by atoms with Crippen LogP contribution >= 0.6 is 11.3 Å². The van der Waals surface area contributed by atoms with E-state index in [0.29, 0.717) is 17.9 Å². The number of carbonyl (C=O) groups excluding carboxylic acids is 1. The number of carbonyl (C=O) groups is 1. The highest BCUT2D eigenvalue weighted by molar-refractivity contribution is 7.10. The number of hydrogen-bond acceptors (Lipinski definition) is 4. The molecule has 3 heterocycles. The lowest BCUT2D eigenvalue weighted by Gasteiger charge is -2.27. The normalized spacial score (nSPS) is 14.6. The molecule has 0 unspecified atom stereocenters. The molecule has 0 saturated heterocycles. The summed E-state index contributed by atoms with van der Waals surface area (Å²) in [5.74, 6) is -0.0376. The SMILES string of the molecule is Cn1ncc(N)c1C(=O)N1CCc2sccc2C1. The maximum Gasteiger partial charge on any atom is 0.274 e. The summed E-state index contributed by atoms with van der Waals surface area (Å²) in [5, 5.41) is 6.09. The molecule has 1 aliphatic rings. The van der Waals surface area contributed by atoms with Crippen molar-refractivity contribution in [1.29, 1.82) is 0 Å². The number of rotatable bonds is 1. The summed E-state index contributed by atoms with van der Waals surface area (Å²) in [6, 6.07) is 2.09. The van der Waals surface area contributed by atoms with Crippen LogP contribution in [0.1, 0.15) is 20.9 Å². The number of nitrogens with two attached hydrogens (primary N) is 1. The number of aromatic nitrogens is 2. The molecule has 0 aromatic carbocycles. The Kier molecular flexibility index (Phi) is 2.59. The number of nitrogen functional groups attached to an aromatic ring is 1. The molecule has 6 heteroatoms. The molecule has 18 heavy (non-hydrogen) atoms. The second kappa shape index (κ2) is 4.13. The molecule has 5 nitrogen and oxygen atoms in total. The van der Waals surface area contributed by atoms with Crippen LogP contribution in [0.15, 0.2) is 17.6 Å². The molecular formula is C12H14N4OS. The van der Waals surface area contributed by atoms with Gasteiger partial charge in [-0.2, -0.15) is 5.10 Å². The van der Waals surface area contributed by atoms with Crippen molar-refractivity contribution in [2.45, 2.75) is 13.0 Å². The van der Waals surface area contributed by atoms with Gasteiger partial charge in [0.1, 0.15) is 5.69 Å². The zero-order chi connectivity index (χ0) is 12.7. The highest BCUT2D eigenvalue weighted by atomic mass is 32.1. The molecule has 0 saturated carbocycles. The van der Waals surface area contributed by atoms with E-state index < -0.39 is 0 Å². The average Bonchev–Trinajstić information content (AvgIpc) is 2.94. The Hall–Kier alpha value is -1.82. The summed E-state index contributed by atoms with van der Waals surface area (Å²) < 4.78 is 1.54. The van der Waals surface area contributed by atoms with Gasteiger partial charge < -0.3 is 10.6 Å². The summed E-state index contributed by atoms with van der Waals surface area (Å²) in [5.41, 5.74) is 7.97. The van der Waals surface area contributed by atoms with E-state index in [1.54, 1.807) is 23.1 Å². The van der Waals surface area contributed by atoms with Crippen LogP contribution in [-0.2, 0) is 20.0 Å². The average molecular weight is 262 g/mol. The van der Waals surface area contributed by atoms with E-state index in [0.717, 1.165) is 13.0 Å². The third-order valence-corrected chi connectivity index (χ3v) is 4.29. The molecular weight excluding hydrogens is 248 g/mol. The first-order valence-corrected chi connectivity index (χ1v) is 6.67. The highest BCUT2D eigenvalue weighted by Gasteiger charge is 2.25. The van der Waals surface area contributed by atoms with Gasteiger partial charge in [0.25, 0.3) is 5.91 Å². The maximum atomic E-state index is 12.4. The van der Waals surface area contributed by atoms with E-state index in [9.17, 15) is 4.79 Å². The minimum absolute atomic E-state index is 0.0376. The molecule has 94 valence electrons. The van der Waals surface area contributed by atoms with E-state index >= 15 is 0 Å². The van der Waals surface area contributed by atoms with Gasteiger partial charge in [0, 0.05) is 25.0 Å². The Labute approximate surface area is 109 Å². The second-order valence-corrected chi connectivity index (χ2v) is 5.42. The lowest BCUT2D eigenvalue weighted by molar-refractivity contribution is 0.0726. The van der Waals surface area contributed by atoms with Crippen molar-refractivity contribution in [3.8, 4) is 0 Å². The van der Waals surface area contributed by atoms with Gasteiger partial charge >= 0.3 is 0 Å². The van der Waals surface area contributed by atoms with E-state index in [2.05, 4.69) is 16.5 Å². The van der Waals surface area contributed by atoms with Gasteiger partial charge in [-0.25, -0.2) is 0 Å². The summed E-state index contributed by atoms with van der Waals surface area (Å²) >= 11 is 1.76. The molecule has 0 radical (unpaired) electrons. The van der Waals surface area contributed by atoms with Gasteiger partial charge in [-0.15, -0.1) is 11.3 Å². The molecule has 1 aliphatic heterocycles. The van der Waals surface area contributed by atoms with Crippen LogP contribution in [0.3, 0.4) is 0 Å². The van der Waals surface area contributed by atoms with Crippen LogP contribution in [0.2, 0.25) is 0 Å². The number of hydrogen-bond donors (Lipinski definition) is 1. The van der Waals surface area contributed by atoms with Gasteiger partial charge in [-0.3, -0.25) is 9.48 Å². The minimum atomic E-state index is -0.0376. The van der Waals surface area contributed by atoms with Gasteiger partial charge in [-0.05, 0) is 23.4 Å². The number of thiophene rings is 1.